The Morgan fingerprint density at radius 1 is 0.926 bits per heavy atom. The van der Waals surface area contributed by atoms with E-state index < -0.39 is 0 Å². The van der Waals surface area contributed by atoms with Crippen molar-refractivity contribution in [1.29, 1.82) is 0 Å². The van der Waals surface area contributed by atoms with E-state index in [4.69, 9.17) is 23.2 Å². The lowest BCUT2D eigenvalue weighted by Crippen LogP contribution is -2.14. The normalized spacial score (nSPS) is 11.5. The number of benzene rings is 2. The summed E-state index contributed by atoms with van der Waals surface area (Å²) in [4.78, 5) is 16.9. The minimum absolute atomic E-state index is 0.118. The van der Waals surface area contributed by atoms with E-state index >= 15 is 0 Å². The fourth-order valence-corrected chi connectivity index (χ4v) is 2.77. The van der Waals surface area contributed by atoms with Gasteiger partial charge in [-0.1, -0.05) is 23.2 Å². The van der Waals surface area contributed by atoms with Gasteiger partial charge in [0.25, 0.3) is 11.5 Å². The quantitative estimate of drug-likeness (QED) is 0.459. The van der Waals surface area contributed by atoms with Crippen LogP contribution in [-0.2, 0) is 0 Å². The molecule has 0 amide bonds. The summed E-state index contributed by atoms with van der Waals surface area (Å²) in [6.07, 6.45) is 0. The van der Waals surface area contributed by atoms with Crippen LogP contribution < -0.4 is 5.56 Å². The van der Waals surface area contributed by atoms with Gasteiger partial charge >= 0.3 is 0 Å². The first-order valence-corrected chi connectivity index (χ1v) is 8.69. The maximum atomic E-state index is 12.5. The largest absolute Gasteiger partial charge is 0.276 e. The summed E-state index contributed by atoms with van der Waals surface area (Å²) in [5.41, 5.74) is 1.57. The monoisotopic (exact) mass is 398 g/mol. The van der Waals surface area contributed by atoms with E-state index in [2.05, 4.69) is 20.3 Å². The molecule has 2 aromatic carbocycles. The number of aryl methyl sites for hydroxylation is 1. The highest BCUT2D eigenvalue weighted by molar-refractivity contribution is 6.30. The van der Waals surface area contributed by atoms with E-state index in [0.717, 1.165) is 0 Å². The topological polar surface area (TPSA) is 76.9 Å². The molecule has 0 bridgehead atoms. The summed E-state index contributed by atoms with van der Waals surface area (Å²) in [5, 5.41) is 13.9. The van der Waals surface area contributed by atoms with Crippen molar-refractivity contribution >= 4 is 40.6 Å². The third-order valence-corrected chi connectivity index (χ3v) is 4.26. The Balaban J connectivity index is 1.89. The molecule has 134 valence electrons. The van der Waals surface area contributed by atoms with Gasteiger partial charge in [-0.2, -0.15) is 4.68 Å². The third kappa shape index (κ3) is 3.47. The molecule has 9 heteroatoms. The van der Waals surface area contributed by atoms with Crippen LogP contribution in [0.5, 0.6) is 0 Å². The van der Waals surface area contributed by atoms with Gasteiger partial charge in [-0.05, 0) is 55.5 Å². The molecule has 0 N–H and O–H groups in total. The van der Waals surface area contributed by atoms with E-state index in [9.17, 15) is 4.79 Å². The van der Waals surface area contributed by atoms with Crippen molar-refractivity contribution in [3.8, 4) is 5.69 Å². The average molecular weight is 399 g/mol. The first-order chi connectivity index (χ1) is 13.0. The van der Waals surface area contributed by atoms with Crippen LogP contribution in [0.4, 0.5) is 11.6 Å². The average Bonchev–Trinajstić information content (AvgIpc) is 3.00. The highest BCUT2D eigenvalue weighted by atomic mass is 35.5. The molecule has 0 saturated heterocycles. The van der Waals surface area contributed by atoms with Gasteiger partial charge in [0.1, 0.15) is 0 Å². The van der Waals surface area contributed by atoms with E-state index in [0.29, 0.717) is 32.9 Å². The van der Waals surface area contributed by atoms with Crippen molar-refractivity contribution in [2.45, 2.75) is 6.92 Å². The highest BCUT2D eigenvalue weighted by Crippen LogP contribution is 2.22. The van der Waals surface area contributed by atoms with Crippen LogP contribution in [0.1, 0.15) is 5.69 Å². The number of fused-ring (bicyclic) bond motifs is 1. The van der Waals surface area contributed by atoms with Crippen LogP contribution in [0.15, 0.2) is 69.6 Å². The van der Waals surface area contributed by atoms with Crippen molar-refractivity contribution in [3.05, 3.63) is 80.7 Å². The number of hydrogen-bond acceptors (Lipinski definition) is 5. The maximum absolute atomic E-state index is 12.5. The Kier molecular flexibility index (Phi) is 4.47. The number of hydrogen-bond donors (Lipinski definition) is 0. The SMILES string of the molecule is Cc1cc(=O)n2c(N=Nc3ccc(Cl)cc3)nn(-c3ccc(Cl)cc3)c2n1. The zero-order valence-corrected chi connectivity index (χ0v) is 15.6. The smallest absolute Gasteiger partial charge is 0.269 e. The van der Waals surface area contributed by atoms with E-state index in [1.54, 1.807) is 55.5 Å². The standard InChI is InChI=1S/C18H12Cl2N6O/c1-11-10-16(27)25-17(23-22-14-6-2-12(19)3-7-14)24-26(18(25)21-11)15-8-4-13(20)5-9-15/h2-10H,1H3. The van der Waals surface area contributed by atoms with Crippen molar-refractivity contribution in [3.63, 3.8) is 0 Å². The van der Waals surface area contributed by atoms with Gasteiger partial charge in [0, 0.05) is 21.8 Å². The van der Waals surface area contributed by atoms with Crippen LogP contribution in [0.2, 0.25) is 10.0 Å². The minimum atomic E-state index is -0.289. The first kappa shape index (κ1) is 17.4. The molecule has 4 aromatic rings. The van der Waals surface area contributed by atoms with Crippen molar-refractivity contribution in [2.75, 3.05) is 0 Å². The number of aromatic nitrogens is 4. The summed E-state index contributed by atoms with van der Waals surface area (Å²) in [7, 11) is 0. The number of azo groups is 1. The van der Waals surface area contributed by atoms with Crippen molar-refractivity contribution in [2.24, 2.45) is 10.2 Å². The van der Waals surface area contributed by atoms with Crippen LogP contribution in [0, 0.1) is 6.92 Å². The summed E-state index contributed by atoms with van der Waals surface area (Å²) in [6.45, 7) is 1.75. The molecule has 0 unspecified atom stereocenters. The zero-order chi connectivity index (χ0) is 19.0. The second kappa shape index (κ2) is 6.94. The molecule has 7 nitrogen and oxygen atoms in total. The summed E-state index contributed by atoms with van der Waals surface area (Å²) < 4.78 is 2.84. The molecule has 2 aromatic heterocycles. The Morgan fingerprint density at radius 2 is 1.56 bits per heavy atom. The molecule has 0 aliphatic heterocycles. The Labute approximate surface area is 163 Å². The summed E-state index contributed by atoms with van der Waals surface area (Å²) >= 11 is 11.8. The maximum Gasteiger partial charge on any atom is 0.276 e. The summed E-state index contributed by atoms with van der Waals surface area (Å²) in [5.74, 6) is 0.458. The van der Waals surface area contributed by atoms with Crippen LogP contribution in [-0.4, -0.2) is 19.2 Å². The molecule has 0 spiro atoms. The number of nitrogens with zero attached hydrogens (tertiary/aromatic N) is 6. The molecule has 2 heterocycles. The molecule has 0 atom stereocenters. The van der Waals surface area contributed by atoms with Crippen LogP contribution in [0.3, 0.4) is 0 Å². The molecule has 0 radical (unpaired) electrons. The molecular weight excluding hydrogens is 387 g/mol. The van der Waals surface area contributed by atoms with E-state index in [1.165, 1.54) is 15.1 Å². The Bertz CT molecular complexity index is 1210. The van der Waals surface area contributed by atoms with Crippen molar-refractivity contribution in [1.82, 2.24) is 19.2 Å². The van der Waals surface area contributed by atoms with Gasteiger partial charge in [0.2, 0.25) is 5.78 Å². The molecule has 0 aliphatic rings. The lowest BCUT2D eigenvalue weighted by Gasteiger charge is -2.02. The minimum Gasteiger partial charge on any atom is -0.269 e. The first-order valence-electron chi connectivity index (χ1n) is 7.94. The Morgan fingerprint density at radius 3 is 2.22 bits per heavy atom. The van der Waals surface area contributed by atoms with Gasteiger partial charge in [0.05, 0.1) is 11.4 Å². The fraction of sp³-hybridized carbons (Fsp3) is 0.0556. The van der Waals surface area contributed by atoms with Crippen molar-refractivity contribution < 1.29 is 0 Å². The highest BCUT2D eigenvalue weighted by Gasteiger charge is 2.15. The lowest BCUT2D eigenvalue weighted by atomic mass is 10.3. The molecule has 0 fully saturated rings. The van der Waals surface area contributed by atoms with Gasteiger partial charge in [-0.15, -0.1) is 15.3 Å². The van der Waals surface area contributed by atoms with E-state index in [1.807, 2.05) is 0 Å². The molecule has 0 saturated carbocycles. The molecular formula is C18H12Cl2N6O. The summed E-state index contributed by atoms with van der Waals surface area (Å²) in [6, 6.07) is 15.3. The predicted octanol–water partition coefficient (Wildman–Crippen LogP) is 4.91. The van der Waals surface area contributed by atoms with Gasteiger partial charge < -0.3 is 0 Å². The molecule has 27 heavy (non-hydrogen) atoms. The van der Waals surface area contributed by atoms with Gasteiger partial charge in [-0.25, -0.2) is 9.38 Å². The lowest BCUT2D eigenvalue weighted by molar-refractivity contribution is 0.887. The Hall–Kier alpha value is -3.03. The van der Waals surface area contributed by atoms with E-state index in [-0.39, 0.29) is 11.5 Å². The van der Waals surface area contributed by atoms with Gasteiger partial charge in [0.15, 0.2) is 0 Å². The van der Waals surface area contributed by atoms with Gasteiger partial charge in [-0.3, -0.25) is 4.79 Å². The third-order valence-electron chi connectivity index (χ3n) is 3.76. The zero-order valence-electron chi connectivity index (χ0n) is 14.0. The van der Waals surface area contributed by atoms with Crippen LogP contribution in [0.25, 0.3) is 11.5 Å². The fourth-order valence-electron chi connectivity index (χ4n) is 2.52. The number of rotatable bonds is 3. The second-order valence-electron chi connectivity index (χ2n) is 5.74. The molecule has 0 aliphatic carbocycles. The second-order valence-corrected chi connectivity index (χ2v) is 6.61. The molecule has 4 rings (SSSR count). The van der Waals surface area contributed by atoms with Crippen LogP contribution >= 0.6 is 23.2 Å². The predicted molar refractivity (Wildman–Crippen MR) is 104 cm³/mol. The number of halogens is 2.